The topological polar surface area (TPSA) is 85.2 Å². The second-order valence-electron chi connectivity index (χ2n) is 7.00. The molecule has 1 aliphatic heterocycles. The molecule has 2 N–H and O–H groups in total. The van der Waals surface area contributed by atoms with Gasteiger partial charge >= 0.3 is 0 Å². The van der Waals surface area contributed by atoms with Crippen LogP contribution in [0.1, 0.15) is 59.4 Å². The van der Waals surface area contributed by atoms with Crippen molar-refractivity contribution in [2.24, 2.45) is 0 Å². The molecule has 142 valence electrons. The van der Waals surface area contributed by atoms with Gasteiger partial charge < -0.3 is 19.9 Å². The summed E-state index contributed by atoms with van der Waals surface area (Å²) < 4.78 is 7.32. The van der Waals surface area contributed by atoms with Crippen molar-refractivity contribution in [3.63, 3.8) is 0 Å². The summed E-state index contributed by atoms with van der Waals surface area (Å²) in [7, 11) is 0. The number of aromatic nitrogens is 2. The fourth-order valence-corrected chi connectivity index (χ4v) is 3.37. The molecule has 0 unspecified atom stereocenters. The van der Waals surface area contributed by atoms with E-state index < -0.39 is 0 Å². The van der Waals surface area contributed by atoms with Crippen LogP contribution < -0.4 is 15.4 Å². The molecule has 1 fully saturated rings. The quantitative estimate of drug-likeness (QED) is 0.821. The number of fused-ring (bicyclic) bond motifs is 1. The highest BCUT2D eigenvalue weighted by molar-refractivity contribution is 6.03. The number of ether oxygens (including phenoxy) is 1. The smallest absolute Gasteiger partial charge is 0.291 e. The normalized spacial score (nSPS) is 15.7. The molecule has 1 aliphatic carbocycles. The summed E-state index contributed by atoms with van der Waals surface area (Å²) >= 11 is 0. The predicted octanol–water partition coefficient (Wildman–Crippen LogP) is 2.76. The lowest BCUT2D eigenvalue weighted by molar-refractivity contribution is 0.0945. The van der Waals surface area contributed by atoms with Crippen LogP contribution in [0.15, 0.2) is 24.3 Å². The van der Waals surface area contributed by atoms with Gasteiger partial charge in [0.1, 0.15) is 11.4 Å². The van der Waals surface area contributed by atoms with Gasteiger partial charge in [0.05, 0.1) is 12.3 Å². The number of hydrogen-bond acceptors (Lipinski definition) is 4. The summed E-state index contributed by atoms with van der Waals surface area (Å²) in [6.45, 7) is 3.23. The Hall–Kier alpha value is -2.83. The number of benzene rings is 1. The van der Waals surface area contributed by atoms with Crippen molar-refractivity contribution < 1.29 is 14.3 Å². The second kappa shape index (κ2) is 7.42. The number of carbonyl (C=O) groups excluding carboxylic acids is 2. The third kappa shape index (κ3) is 3.82. The zero-order valence-corrected chi connectivity index (χ0v) is 15.5. The lowest BCUT2D eigenvalue weighted by Gasteiger charge is -2.17. The molecule has 7 nitrogen and oxygen atoms in total. The first-order valence-corrected chi connectivity index (χ1v) is 9.60. The van der Waals surface area contributed by atoms with Gasteiger partial charge in [-0.2, -0.15) is 0 Å². The molecule has 0 radical (unpaired) electrons. The predicted molar refractivity (Wildman–Crippen MR) is 101 cm³/mol. The Labute approximate surface area is 158 Å². The highest BCUT2D eigenvalue weighted by Gasteiger charge is 2.30. The van der Waals surface area contributed by atoms with Crippen LogP contribution >= 0.6 is 0 Å². The molecule has 1 saturated carbocycles. The van der Waals surface area contributed by atoms with Crippen LogP contribution in [0.4, 0.5) is 5.69 Å². The van der Waals surface area contributed by atoms with Gasteiger partial charge in [-0.15, -0.1) is 0 Å². The summed E-state index contributed by atoms with van der Waals surface area (Å²) in [5.41, 5.74) is 1.94. The maximum Gasteiger partial charge on any atom is 0.291 e. The molecule has 2 aromatic rings. The Morgan fingerprint density at radius 1 is 1.19 bits per heavy atom. The Bertz CT molecular complexity index is 853. The van der Waals surface area contributed by atoms with Crippen LogP contribution in [0.25, 0.3) is 0 Å². The number of nitrogens with zero attached hydrogens (tertiary/aromatic N) is 2. The van der Waals surface area contributed by atoms with Gasteiger partial charge in [-0.3, -0.25) is 9.59 Å². The van der Waals surface area contributed by atoms with E-state index in [1.54, 1.807) is 12.1 Å². The maximum absolute atomic E-state index is 12.8. The van der Waals surface area contributed by atoms with Gasteiger partial charge in [0.2, 0.25) is 0 Å². The Morgan fingerprint density at radius 3 is 2.67 bits per heavy atom. The number of hydrogen-bond donors (Lipinski definition) is 2. The largest absolute Gasteiger partial charge is 0.494 e. The Kier molecular flexibility index (Phi) is 4.83. The minimum absolute atomic E-state index is 0.164. The fourth-order valence-electron chi connectivity index (χ4n) is 3.37. The van der Waals surface area contributed by atoms with Crippen molar-refractivity contribution >= 4 is 17.5 Å². The summed E-state index contributed by atoms with van der Waals surface area (Å²) in [4.78, 5) is 29.8. The molecule has 0 bridgehead atoms. The third-order valence-corrected chi connectivity index (χ3v) is 4.87. The number of rotatable bonds is 6. The van der Waals surface area contributed by atoms with Crippen molar-refractivity contribution in [2.75, 3.05) is 11.9 Å². The minimum atomic E-state index is -0.298. The van der Waals surface area contributed by atoms with Crippen LogP contribution in [-0.4, -0.2) is 34.0 Å². The molecule has 0 saturated heterocycles. The van der Waals surface area contributed by atoms with Gasteiger partial charge in [-0.25, -0.2) is 4.98 Å². The molecule has 2 heterocycles. The second-order valence-corrected chi connectivity index (χ2v) is 7.00. The van der Waals surface area contributed by atoms with Crippen LogP contribution in [0.5, 0.6) is 5.75 Å². The highest BCUT2D eigenvalue weighted by atomic mass is 16.5. The van der Waals surface area contributed by atoms with E-state index >= 15 is 0 Å². The zero-order chi connectivity index (χ0) is 18.8. The number of amides is 2. The summed E-state index contributed by atoms with van der Waals surface area (Å²) in [6.07, 6.45) is 4.81. The average molecular weight is 368 g/mol. The number of carbonyl (C=O) groups is 2. The lowest BCUT2D eigenvalue weighted by atomic mass is 10.1. The number of nitrogens with one attached hydrogen (secondary N) is 2. The number of imidazole rings is 1. The molecule has 2 aliphatic rings. The van der Waals surface area contributed by atoms with Crippen molar-refractivity contribution in [1.82, 2.24) is 14.9 Å². The van der Waals surface area contributed by atoms with E-state index in [0.29, 0.717) is 30.4 Å². The van der Waals surface area contributed by atoms with Gasteiger partial charge in [0.25, 0.3) is 11.8 Å². The van der Waals surface area contributed by atoms with Crippen molar-refractivity contribution in [1.29, 1.82) is 0 Å². The van der Waals surface area contributed by atoms with Crippen LogP contribution in [-0.2, 0) is 13.0 Å². The molecule has 2 amide bonds. The van der Waals surface area contributed by atoms with E-state index in [-0.39, 0.29) is 17.9 Å². The monoisotopic (exact) mass is 368 g/mol. The van der Waals surface area contributed by atoms with E-state index in [4.69, 9.17) is 4.74 Å². The van der Waals surface area contributed by atoms with Gasteiger partial charge in [0, 0.05) is 18.3 Å². The van der Waals surface area contributed by atoms with Crippen LogP contribution in [0, 0.1) is 0 Å². The van der Waals surface area contributed by atoms with E-state index in [2.05, 4.69) is 15.6 Å². The van der Waals surface area contributed by atoms with Gasteiger partial charge in [-0.05, 0) is 63.3 Å². The Balaban J connectivity index is 1.55. The van der Waals surface area contributed by atoms with Crippen molar-refractivity contribution in [3.8, 4) is 5.75 Å². The van der Waals surface area contributed by atoms with Crippen molar-refractivity contribution in [2.45, 2.75) is 51.6 Å². The fraction of sp³-hybridized carbons (Fsp3) is 0.450. The van der Waals surface area contributed by atoms with Crippen molar-refractivity contribution in [3.05, 3.63) is 41.5 Å². The maximum atomic E-state index is 12.8. The van der Waals surface area contributed by atoms with E-state index in [1.165, 1.54) is 0 Å². The molecule has 4 rings (SSSR count). The zero-order valence-electron chi connectivity index (χ0n) is 15.5. The van der Waals surface area contributed by atoms with Crippen LogP contribution in [0.2, 0.25) is 0 Å². The Morgan fingerprint density at radius 2 is 1.96 bits per heavy atom. The third-order valence-electron chi connectivity index (χ3n) is 4.87. The van der Waals surface area contributed by atoms with E-state index in [0.717, 1.165) is 43.5 Å². The van der Waals surface area contributed by atoms with Gasteiger partial charge in [-0.1, -0.05) is 0 Å². The molecule has 27 heavy (non-hydrogen) atoms. The first kappa shape index (κ1) is 17.6. The summed E-state index contributed by atoms with van der Waals surface area (Å²) in [5, 5.41) is 5.85. The molecular formula is C20H24N4O3. The minimum Gasteiger partial charge on any atom is -0.494 e. The van der Waals surface area contributed by atoms with Crippen LogP contribution in [0.3, 0.4) is 0 Å². The molecular weight excluding hydrogens is 344 g/mol. The molecule has 0 spiro atoms. The summed E-state index contributed by atoms with van der Waals surface area (Å²) in [5.74, 6) is 0.600. The van der Waals surface area contributed by atoms with E-state index in [1.807, 2.05) is 23.6 Å². The molecule has 0 atom stereocenters. The molecule has 1 aromatic carbocycles. The average Bonchev–Trinajstić information content (AvgIpc) is 3.40. The molecule has 1 aromatic heterocycles. The molecule has 7 heteroatoms. The lowest BCUT2D eigenvalue weighted by Crippen LogP contribution is -2.27. The summed E-state index contributed by atoms with van der Waals surface area (Å²) in [6, 6.07) is 7.48. The van der Waals surface area contributed by atoms with E-state index in [9.17, 15) is 9.59 Å². The highest BCUT2D eigenvalue weighted by Crippen LogP contribution is 2.24. The SMILES string of the molecule is CCOc1ccc(NC(=O)c2nc(C(=O)NC3CC3)c3n2CCCC3)cc1. The first-order valence-electron chi connectivity index (χ1n) is 9.60. The first-order chi connectivity index (χ1) is 13.2. The standard InChI is InChI=1S/C20H24N4O3/c1-2-27-15-10-8-14(9-11-15)22-20(26)18-23-17(19(25)21-13-6-7-13)16-5-3-4-12-24(16)18/h8-11,13H,2-7,12H2,1H3,(H,21,25)(H,22,26). The van der Waals surface area contributed by atoms with Gasteiger partial charge in [0.15, 0.2) is 5.82 Å². The number of anilines is 1.